The lowest BCUT2D eigenvalue weighted by molar-refractivity contribution is -0.384. The average molecular weight is 390 g/mol. The molecule has 0 saturated carbocycles. The molecule has 2 rings (SSSR count). The molecule has 6 nitrogen and oxygen atoms in total. The van der Waals surface area contributed by atoms with Crippen molar-refractivity contribution in [2.45, 2.75) is 26.0 Å². The van der Waals surface area contributed by atoms with E-state index in [9.17, 15) is 10.1 Å². The van der Waals surface area contributed by atoms with E-state index in [0.717, 1.165) is 10.0 Å². The van der Waals surface area contributed by atoms with Gasteiger partial charge in [-0.15, -0.1) is 0 Å². The van der Waals surface area contributed by atoms with Crippen molar-refractivity contribution >= 4 is 27.3 Å². The molecular formula is C17H16BrN3O3. The Morgan fingerprint density at radius 3 is 2.83 bits per heavy atom. The number of benzene rings is 2. The predicted octanol–water partition coefficient (Wildman–Crippen LogP) is 4.65. The molecule has 0 aliphatic heterocycles. The number of anilines is 1. The predicted molar refractivity (Wildman–Crippen MR) is 94.9 cm³/mol. The van der Waals surface area contributed by atoms with Gasteiger partial charge in [0.25, 0.3) is 5.69 Å². The minimum absolute atomic E-state index is 0.0149. The Morgan fingerprint density at radius 2 is 2.17 bits per heavy atom. The summed E-state index contributed by atoms with van der Waals surface area (Å²) < 4.78 is 6.34. The summed E-state index contributed by atoms with van der Waals surface area (Å²) in [7, 11) is 0. The zero-order valence-corrected chi connectivity index (χ0v) is 14.6. The van der Waals surface area contributed by atoms with Crippen molar-refractivity contribution in [3.63, 3.8) is 0 Å². The molecule has 0 aliphatic carbocycles. The highest BCUT2D eigenvalue weighted by molar-refractivity contribution is 9.10. The molecule has 0 aromatic heterocycles. The van der Waals surface area contributed by atoms with Gasteiger partial charge in [-0.3, -0.25) is 10.1 Å². The van der Waals surface area contributed by atoms with Gasteiger partial charge in [-0.1, -0.05) is 35.0 Å². The van der Waals surface area contributed by atoms with E-state index in [2.05, 4.69) is 27.3 Å². The molecule has 1 unspecified atom stereocenters. The molecule has 1 atom stereocenters. The largest absolute Gasteiger partial charge is 0.476 e. The molecule has 2 aromatic rings. The maximum Gasteiger partial charge on any atom is 0.292 e. The van der Waals surface area contributed by atoms with Crippen molar-refractivity contribution in [3.8, 4) is 11.8 Å². The number of hydrogen-bond acceptors (Lipinski definition) is 5. The summed E-state index contributed by atoms with van der Waals surface area (Å²) in [5.74, 6) is 0.603. The summed E-state index contributed by atoms with van der Waals surface area (Å²) in [5, 5.41) is 23.1. The molecule has 0 radical (unpaired) electrons. The van der Waals surface area contributed by atoms with Crippen molar-refractivity contribution in [2.75, 3.05) is 5.32 Å². The number of nitro benzene ring substituents is 1. The number of halogens is 1. The molecule has 0 fully saturated rings. The number of ether oxygens (including phenoxy) is 1. The lowest BCUT2D eigenvalue weighted by Gasteiger charge is -2.12. The first-order valence-corrected chi connectivity index (χ1v) is 8.15. The number of hydrogen-bond donors (Lipinski definition) is 1. The number of nitriles is 1. The topological polar surface area (TPSA) is 88.2 Å². The van der Waals surface area contributed by atoms with E-state index in [1.54, 1.807) is 18.2 Å². The Morgan fingerprint density at radius 1 is 1.38 bits per heavy atom. The second-order valence-electron chi connectivity index (χ2n) is 5.06. The third kappa shape index (κ3) is 4.70. The molecule has 0 saturated heterocycles. The van der Waals surface area contributed by atoms with Crippen LogP contribution in [0, 0.1) is 21.4 Å². The van der Waals surface area contributed by atoms with Crippen LogP contribution in [0.1, 0.15) is 18.9 Å². The maximum absolute atomic E-state index is 11.1. The maximum atomic E-state index is 11.1. The summed E-state index contributed by atoms with van der Waals surface area (Å²) in [5.41, 5.74) is 1.35. The molecule has 1 N–H and O–H groups in total. The molecule has 0 heterocycles. The lowest BCUT2D eigenvalue weighted by Crippen LogP contribution is -2.12. The van der Waals surface area contributed by atoms with Gasteiger partial charge in [0.15, 0.2) is 6.10 Å². The van der Waals surface area contributed by atoms with E-state index in [0.29, 0.717) is 24.4 Å². The van der Waals surface area contributed by atoms with Crippen molar-refractivity contribution in [1.82, 2.24) is 0 Å². The molecule has 124 valence electrons. The van der Waals surface area contributed by atoms with Crippen molar-refractivity contribution in [2.24, 2.45) is 0 Å². The second kappa shape index (κ2) is 8.31. The molecule has 7 heteroatoms. The highest BCUT2D eigenvalue weighted by Gasteiger charge is 2.13. The van der Waals surface area contributed by atoms with Crippen molar-refractivity contribution in [1.29, 1.82) is 5.26 Å². The molecular weight excluding hydrogens is 374 g/mol. The highest BCUT2D eigenvalue weighted by atomic mass is 79.9. The summed E-state index contributed by atoms with van der Waals surface area (Å²) >= 11 is 3.31. The molecule has 2 aromatic carbocycles. The van der Waals surface area contributed by atoms with Crippen LogP contribution in [0.4, 0.5) is 11.4 Å². The average Bonchev–Trinajstić information content (AvgIpc) is 2.58. The monoisotopic (exact) mass is 389 g/mol. The third-order valence-corrected chi connectivity index (χ3v) is 3.82. The normalized spacial score (nSPS) is 11.4. The Kier molecular flexibility index (Phi) is 6.15. The van der Waals surface area contributed by atoms with Gasteiger partial charge in [0.05, 0.1) is 4.92 Å². The Balaban J connectivity index is 2.12. The Bertz CT molecular complexity index is 774. The fraction of sp³-hybridized carbons (Fsp3) is 0.235. The van der Waals surface area contributed by atoms with Crippen LogP contribution in [0.3, 0.4) is 0 Å². The standard InChI is InChI=1S/C17H16BrN3O3/c1-2-14(10-19)24-15-5-3-4-12(8-15)11-20-16-9-13(18)6-7-17(16)21(22)23/h3-9,14,20H,2,11H2,1H3. The van der Waals surface area contributed by atoms with E-state index < -0.39 is 11.0 Å². The van der Waals surface area contributed by atoms with E-state index in [1.807, 2.05) is 25.1 Å². The minimum atomic E-state index is -0.487. The molecule has 24 heavy (non-hydrogen) atoms. The number of nitro groups is 1. The van der Waals surface area contributed by atoms with Crippen LogP contribution in [0.5, 0.6) is 5.75 Å². The van der Waals surface area contributed by atoms with Crippen molar-refractivity contribution < 1.29 is 9.66 Å². The van der Waals surface area contributed by atoms with Crippen LogP contribution in [0.2, 0.25) is 0 Å². The van der Waals surface area contributed by atoms with E-state index in [1.165, 1.54) is 6.07 Å². The SMILES string of the molecule is CCC(C#N)Oc1cccc(CNc2cc(Br)ccc2[N+](=O)[O-])c1. The summed E-state index contributed by atoms with van der Waals surface area (Å²) in [6.45, 7) is 2.28. The first-order valence-electron chi connectivity index (χ1n) is 7.36. The van der Waals surface area contributed by atoms with Crippen LogP contribution < -0.4 is 10.1 Å². The Hall–Kier alpha value is -2.59. The van der Waals surface area contributed by atoms with Gasteiger partial charge in [-0.2, -0.15) is 5.26 Å². The van der Waals surface area contributed by atoms with E-state index >= 15 is 0 Å². The number of rotatable bonds is 7. The van der Waals surface area contributed by atoms with Crippen LogP contribution in [-0.2, 0) is 6.54 Å². The lowest BCUT2D eigenvalue weighted by atomic mass is 10.2. The van der Waals surface area contributed by atoms with Crippen LogP contribution >= 0.6 is 15.9 Å². The molecule has 0 bridgehead atoms. The Labute approximate surface area is 148 Å². The van der Waals surface area contributed by atoms with Gasteiger partial charge in [0.2, 0.25) is 0 Å². The molecule has 0 aliphatic rings. The first-order chi connectivity index (χ1) is 11.5. The molecule has 0 amide bonds. The van der Waals surface area contributed by atoms with Gasteiger partial charge < -0.3 is 10.1 Å². The highest BCUT2D eigenvalue weighted by Crippen LogP contribution is 2.28. The zero-order chi connectivity index (χ0) is 17.5. The van der Waals surface area contributed by atoms with Crippen LogP contribution in [0.25, 0.3) is 0 Å². The van der Waals surface area contributed by atoms with Gasteiger partial charge in [-0.05, 0) is 36.2 Å². The minimum Gasteiger partial charge on any atom is -0.476 e. The van der Waals surface area contributed by atoms with E-state index in [-0.39, 0.29) is 5.69 Å². The van der Waals surface area contributed by atoms with Gasteiger partial charge in [0.1, 0.15) is 17.5 Å². The van der Waals surface area contributed by atoms with Gasteiger partial charge >= 0.3 is 0 Å². The third-order valence-electron chi connectivity index (χ3n) is 3.33. The summed E-state index contributed by atoms with van der Waals surface area (Å²) in [6, 6.07) is 14.1. The second-order valence-corrected chi connectivity index (χ2v) is 5.98. The summed E-state index contributed by atoms with van der Waals surface area (Å²) in [4.78, 5) is 10.7. The fourth-order valence-electron chi connectivity index (χ4n) is 2.10. The van der Waals surface area contributed by atoms with Gasteiger partial charge in [0, 0.05) is 17.1 Å². The van der Waals surface area contributed by atoms with Crippen molar-refractivity contribution in [3.05, 3.63) is 62.6 Å². The first kappa shape index (κ1) is 17.8. The fourth-order valence-corrected chi connectivity index (χ4v) is 2.46. The van der Waals surface area contributed by atoms with Crippen LogP contribution in [-0.4, -0.2) is 11.0 Å². The zero-order valence-electron chi connectivity index (χ0n) is 13.0. The molecule has 0 spiro atoms. The quantitative estimate of drug-likeness (QED) is 0.549. The number of nitrogens with one attached hydrogen (secondary N) is 1. The van der Waals surface area contributed by atoms with E-state index in [4.69, 9.17) is 10.00 Å². The van der Waals surface area contributed by atoms with Gasteiger partial charge in [-0.25, -0.2) is 0 Å². The smallest absolute Gasteiger partial charge is 0.292 e. The number of nitrogens with zero attached hydrogens (tertiary/aromatic N) is 2. The van der Waals surface area contributed by atoms with Crippen LogP contribution in [0.15, 0.2) is 46.9 Å². The summed E-state index contributed by atoms with van der Waals surface area (Å²) in [6.07, 6.45) is 0.114.